The molecule has 5 heteroatoms. The molecule has 0 radical (unpaired) electrons. The van der Waals surface area contributed by atoms with E-state index in [1.54, 1.807) is 30.5 Å². The monoisotopic (exact) mass is 253 g/mol. The first-order valence-corrected chi connectivity index (χ1v) is 5.71. The minimum absolute atomic E-state index is 0.123. The standard InChI is InChI=1S/C11H8ClNO2S/c1-15-11-7(3-2-6-13-11)10(14)8-4-5-9(12)16-8/h2-6H,1H3. The van der Waals surface area contributed by atoms with Crippen molar-refractivity contribution >= 4 is 28.7 Å². The first-order chi connectivity index (χ1) is 7.72. The maximum Gasteiger partial charge on any atom is 0.224 e. The van der Waals surface area contributed by atoms with Gasteiger partial charge in [0.25, 0.3) is 0 Å². The Morgan fingerprint density at radius 2 is 2.25 bits per heavy atom. The molecule has 2 aromatic heterocycles. The van der Waals surface area contributed by atoms with E-state index in [-0.39, 0.29) is 5.78 Å². The average Bonchev–Trinajstić information content (AvgIpc) is 2.75. The molecule has 0 aliphatic heterocycles. The highest BCUT2D eigenvalue weighted by Gasteiger charge is 2.16. The second kappa shape index (κ2) is 4.63. The number of rotatable bonds is 3. The van der Waals surface area contributed by atoms with E-state index >= 15 is 0 Å². The molecule has 0 fully saturated rings. The number of ether oxygens (including phenoxy) is 1. The molecular weight excluding hydrogens is 246 g/mol. The lowest BCUT2D eigenvalue weighted by Gasteiger charge is -2.03. The van der Waals surface area contributed by atoms with Crippen molar-refractivity contribution in [1.82, 2.24) is 4.98 Å². The van der Waals surface area contributed by atoms with E-state index in [0.717, 1.165) is 0 Å². The molecule has 82 valence electrons. The van der Waals surface area contributed by atoms with E-state index in [0.29, 0.717) is 20.7 Å². The summed E-state index contributed by atoms with van der Waals surface area (Å²) in [6, 6.07) is 6.77. The van der Waals surface area contributed by atoms with Crippen LogP contribution in [0.5, 0.6) is 5.88 Å². The third-order valence-electron chi connectivity index (χ3n) is 2.01. The number of thiophene rings is 1. The molecule has 2 heterocycles. The zero-order valence-electron chi connectivity index (χ0n) is 8.44. The van der Waals surface area contributed by atoms with Crippen LogP contribution in [0.25, 0.3) is 0 Å². The Morgan fingerprint density at radius 3 is 2.88 bits per heavy atom. The summed E-state index contributed by atoms with van der Waals surface area (Å²) in [5, 5.41) is 0. The van der Waals surface area contributed by atoms with Crippen LogP contribution in [0, 0.1) is 0 Å². The summed E-state index contributed by atoms with van der Waals surface area (Å²) in [6.07, 6.45) is 1.58. The predicted octanol–water partition coefficient (Wildman–Crippen LogP) is 3.04. The van der Waals surface area contributed by atoms with E-state index < -0.39 is 0 Å². The molecule has 16 heavy (non-hydrogen) atoms. The van der Waals surface area contributed by atoms with Crippen molar-refractivity contribution in [2.75, 3.05) is 7.11 Å². The number of carbonyl (C=O) groups is 1. The average molecular weight is 254 g/mol. The first-order valence-electron chi connectivity index (χ1n) is 4.51. The topological polar surface area (TPSA) is 39.2 Å². The van der Waals surface area contributed by atoms with Crippen LogP contribution >= 0.6 is 22.9 Å². The van der Waals surface area contributed by atoms with E-state index in [2.05, 4.69) is 4.98 Å². The molecule has 0 saturated heterocycles. The van der Waals surface area contributed by atoms with Crippen molar-refractivity contribution in [2.45, 2.75) is 0 Å². The van der Waals surface area contributed by atoms with Crippen LogP contribution in [-0.2, 0) is 0 Å². The Labute approximate surface area is 102 Å². The molecule has 2 aromatic rings. The van der Waals surface area contributed by atoms with Crippen molar-refractivity contribution in [3.63, 3.8) is 0 Å². The summed E-state index contributed by atoms with van der Waals surface area (Å²) in [6.45, 7) is 0. The molecule has 0 aliphatic rings. The van der Waals surface area contributed by atoms with E-state index in [4.69, 9.17) is 16.3 Å². The molecule has 0 atom stereocenters. The fraction of sp³-hybridized carbons (Fsp3) is 0.0909. The number of hydrogen-bond donors (Lipinski definition) is 0. The van der Waals surface area contributed by atoms with E-state index in [1.165, 1.54) is 18.4 Å². The summed E-state index contributed by atoms with van der Waals surface area (Å²) in [5.41, 5.74) is 0.448. The third kappa shape index (κ3) is 2.08. The molecule has 0 aromatic carbocycles. The highest BCUT2D eigenvalue weighted by Crippen LogP contribution is 2.26. The van der Waals surface area contributed by atoms with Crippen LogP contribution in [0.2, 0.25) is 4.34 Å². The zero-order chi connectivity index (χ0) is 11.5. The van der Waals surface area contributed by atoms with Gasteiger partial charge < -0.3 is 4.74 Å². The summed E-state index contributed by atoms with van der Waals surface area (Å²) in [7, 11) is 1.49. The van der Waals surface area contributed by atoms with Crippen molar-refractivity contribution in [3.8, 4) is 5.88 Å². The van der Waals surface area contributed by atoms with Crippen LogP contribution in [0.3, 0.4) is 0 Å². The van der Waals surface area contributed by atoms with Gasteiger partial charge in [-0.25, -0.2) is 4.98 Å². The minimum Gasteiger partial charge on any atom is -0.480 e. The highest BCUT2D eigenvalue weighted by molar-refractivity contribution is 7.18. The van der Waals surface area contributed by atoms with Gasteiger partial charge in [0, 0.05) is 6.20 Å². The Balaban J connectivity index is 2.41. The summed E-state index contributed by atoms with van der Waals surface area (Å²) >= 11 is 7.03. The fourth-order valence-corrected chi connectivity index (χ4v) is 2.29. The van der Waals surface area contributed by atoms with Crippen molar-refractivity contribution in [2.24, 2.45) is 0 Å². The molecule has 0 spiro atoms. The molecule has 0 aliphatic carbocycles. The van der Waals surface area contributed by atoms with Gasteiger partial charge in [0.05, 0.1) is 21.9 Å². The van der Waals surface area contributed by atoms with Crippen molar-refractivity contribution in [1.29, 1.82) is 0 Å². The largest absolute Gasteiger partial charge is 0.480 e. The third-order valence-corrected chi connectivity index (χ3v) is 3.24. The van der Waals surface area contributed by atoms with E-state index in [9.17, 15) is 4.79 Å². The Kier molecular flexibility index (Phi) is 3.22. The molecule has 0 bridgehead atoms. The summed E-state index contributed by atoms with van der Waals surface area (Å²) < 4.78 is 5.62. The summed E-state index contributed by atoms with van der Waals surface area (Å²) in [5.74, 6) is 0.207. The first kappa shape index (κ1) is 11.1. The number of halogens is 1. The smallest absolute Gasteiger partial charge is 0.224 e. The van der Waals surface area contributed by atoms with Crippen molar-refractivity contribution < 1.29 is 9.53 Å². The van der Waals surface area contributed by atoms with E-state index in [1.807, 2.05) is 0 Å². The molecule has 0 unspecified atom stereocenters. The lowest BCUT2D eigenvalue weighted by atomic mass is 10.1. The number of nitrogens with zero attached hydrogens (tertiary/aromatic N) is 1. The molecule has 0 saturated carbocycles. The Bertz CT molecular complexity index is 524. The number of aromatic nitrogens is 1. The minimum atomic E-state index is -0.123. The van der Waals surface area contributed by atoms with Crippen molar-refractivity contribution in [3.05, 3.63) is 45.2 Å². The lowest BCUT2D eigenvalue weighted by molar-refractivity contribution is 0.103. The Hall–Kier alpha value is -1.39. The molecule has 0 N–H and O–H groups in total. The predicted molar refractivity (Wildman–Crippen MR) is 63.6 cm³/mol. The van der Waals surface area contributed by atoms with Crippen LogP contribution < -0.4 is 4.74 Å². The second-order valence-electron chi connectivity index (χ2n) is 2.99. The molecular formula is C11H8ClNO2S. The number of carbonyl (C=O) groups excluding carboxylic acids is 1. The Morgan fingerprint density at radius 1 is 1.44 bits per heavy atom. The zero-order valence-corrected chi connectivity index (χ0v) is 10.0. The maximum absolute atomic E-state index is 12.1. The van der Waals surface area contributed by atoms with Gasteiger partial charge in [0.2, 0.25) is 11.7 Å². The molecule has 2 rings (SSSR count). The SMILES string of the molecule is COc1ncccc1C(=O)c1ccc(Cl)s1. The van der Waals surface area contributed by atoms with Gasteiger partial charge in [0.15, 0.2) is 0 Å². The molecule has 3 nitrogen and oxygen atoms in total. The number of ketones is 1. The summed E-state index contributed by atoms with van der Waals surface area (Å²) in [4.78, 5) is 16.6. The van der Waals surface area contributed by atoms with Crippen LogP contribution in [0.1, 0.15) is 15.2 Å². The van der Waals surface area contributed by atoms with Crippen LogP contribution in [0.4, 0.5) is 0 Å². The van der Waals surface area contributed by atoms with Gasteiger partial charge in [0.1, 0.15) is 0 Å². The lowest BCUT2D eigenvalue weighted by Crippen LogP contribution is -2.03. The van der Waals surface area contributed by atoms with Gasteiger partial charge in [-0.15, -0.1) is 11.3 Å². The van der Waals surface area contributed by atoms with Crippen LogP contribution in [-0.4, -0.2) is 17.9 Å². The van der Waals surface area contributed by atoms with Gasteiger partial charge >= 0.3 is 0 Å². The molecule has 0 amide bonds. The number of methoxy groups -OCH3 is 1. The number of hydrogen-bond acceptors (Lipinski definition) is 4. The normalized spacial score (nSPS) is 10.1. The quantitative estimate of drug-likeness (QED) is 0.790. The second-order valence-corrected chi connectivity index (χ2v) is 4.71. The van der Waals surface area contributed by atoms with Gasteiger partial charge in [-0.1, -0.05) is 11.6 Å². The van der Waals surface area contributed by atoms with Gasteiger partial charge in [-0.3, -0.25) is 4.79 Å². The highest BCUT2D eigenvalue weighted by atomic mass is 35.5. The number of pyridine rings is 1. The maximum atomic E-state index is 12.1. The van der Waals surface area contributed by atoms with Crippen LogP contribution in [0.15, 0.2) is 30.5 Å². The van der Waals surface area contributed by atoms with Gasteiger partial charge in [-0.2, -0.15) is 0 Å². The van der Waals surface area contributed by atoms with Gasteiger partial charge in [-0.05, 0) is 24.3 Å². The fourth-order valence-electron chi connectivity index (χ4n) is 1.30.